The number of nitrogens with one attached hydrogen (secondary N) is 1. The first kappa shape index (κ1) is 24.5. The van der Waals surface area contributed by atoms with Crippen molar-refractivity contribution < 1.29 is 14.2 Å². The molecule has 0 heterocycles. The maximum atomic E-state index is 6.54. The third-order valence-electron chi connectivity index (χ3n) is 4.83. The Bertz CT molecular complexity index is 1030. The molecule has 0 fully saturated rings. The zero-order valence-electron chi connectivity index (χ0n) is 18.1. The van der Waals surface area contributed by atoms with Crippen molar-refractivity contribution in [1.82, 2.24) is 5.32 Å². The van der Waals surface area contributed by atoms with Crippen molar-refractivity contribution in [3.63, 3.8) is 0 Å². The molecule has 0 aliphatic heterocycles. The molecule has 4 nitrogen and oxygen atoms in total. The van der Waals surface area contributed by atoms with Crippen LogP contribution in [0.2, 0.25) is 15.1 Å². The number of ether oxygens (including phenoxy) is 3. The average molecular weight is 495 g/mol. The van der Waals surface area contributed by atoms with E-state index in [-0.39, 0.29) is 6.61 Å². The summed E-state index contributed by atoms with van der Waals surface area (Å²) in [5, 5.41) is 5.07. The lowest BCUT2D eigenvalue weighted by Gasteiger charge is -2.16. The summed E-state index contributed by atoms with van der Waals surface area (Å²) >= 11 is 18.8. The number of benzene rings is 3. The van der Waals surface area contributed by atoms with E-state index in [1.165, 1.54) is 5.56 Å². The van der Waals surface area contributed by atoms with Crippen LogP contribution >= 0.6 is 34.8 Å². The minimum atomic E-state index is 0.259. The molecule has 3 aromatic carbocycles. The van der Waals surface area contributed by atoms with Gasteiger partial charge in [0.15, 0.2) is 11.5 Å². The zero-order chi connectivity index (χ0) is 22.9. The second-order valence-electron chi connectivity index (χ2n) is 7.14. The second-order valence-corrected chi connectivity index (χ2v) is 8.39. The highest BCUT2D eigenvalue weighted by molar-refractivity contribution is 6.35. The normalized spacial score (nSPS) is 10.8. The van der Waals surface area contributed by atoms with Crippen LogP contribution in [-0.2, 0) is 19.6 Å². The Morgan fingerprint density at radius 3 is 2.31 bits per heavy atom. The van der Waals surface area contributed by atoms with E-state index in [9.17, 15) is 0 Å². The summed E-state index contributed by atoms with van der Waals surface area (Å²) in [6.45, 7) is 4.19. The molecule has 0 atom stereocenters. The maximum Gasteiger partial charge on any atom is 0.180 e. The summed E-state index contributed by atoms with van der Waals surface area (Å²) in [7, 11) is 1.67. The number of hydrogen-bond acceptors (Lipinski definition) is 4. The number of halogens is 3. The molecule has 7 heteroatoms. The SMILES string of the molecule is CCOc1cc(CNCCc2ccc(OC)cc2)cc(Cl)c1OCc1ccc(Cl)cc1Cl. The molecule has 0 saturated heterocycles. The molecule has 0 radical (unpaired) electrons. The van der Waals surface area contributed by atoms with Crippen LogP contribution in [0.3, 0.4) is 0 Å². The lowest BCUT2D eigenvalue weighted by Crippen LogP contribution is -2.17. The van der Waals surface area contributed by atoms with Gasteiger partial charge in [0.25, 0.3) is 0 Å². The Morgan fingerprint density at radius 2 is 1.62 bits per heavy atom. The van der Waals surface area contributed by atoms with Crippen LogP contribution in [0.5, 0.6) is 17.2 Å². The highest BCUT2D eigenvalue weighted by Crippen LogP contribution is 2.37. The molecular weight excluding hydrogens is 469 g/mol. The van der Waals surface area contributed by atoms with E-state index in [2.05, 4.69) is 17.4 Å². The number of hydrogen-bond donors (Lipinski definition) is 1. The minimum Gasteiger partial charge on any atom is -0.497 e. The summed E-state index contributed by atoms with van der Waals surface area (Å²) in [5.74, 6) is 1.97. The Hall–Kier alpha value is -2.11. The molecule has 0 saturated carbocycles. The predicted molar refractivity (Wildman–Crippen MR) is 132 cm³/mol. The van der Waals surface area contributed by atoms with Crippen molar-refractivity contribution in [1.29, 1.82) is 0 Å². The first-order chi connectivity index (χ1) is 15.5. The van der Waals surface area contributed by atoms with Gasteiger partial charge in [-0.25, -0.2) is 0 Å². The molecule has 170 valence electrons. The molecule has 3 rings (SSSR count). The highest BCUT2D eigenvalue weighted by Gasteiger charge is 2.14. The zero-order valence-corrected chi connectivity index (χ0v) is 20.4. The first-order valence-electron chi connectivity index (χ1n) is 10.4. The van der Waals surface area contributed by atoms with Crippen LogP contribution in [-0.4, -0.2) is 20.3 Å². The topological polar surface area (TPSA) is 39.7 Å². The average Bonchev–Trinajstić information content (AvgIpc) is 2.78. The molecule has 0 aromatic heterocycles. The van der Waals surface area contributed by atoms with Gasteiger partial charge in [-0.3, -0.25) is 0 Å². The van der Waals surface area contributed by atoms with Gasteiger partial charge in [-0.05, 0) is 67.4 Å². The van der Waals surface area contributed by atoms with Crippen LogP contribution in [0.4, 0.5) is 0 Å². The summed E-state index contributed by atoms with van der Waals surface area (Å²) < 4.78 is 17.0. The van der Waals surface area contributed by atoms with Crippen molar-refractivity contribution in [2.24, 2.45) is 0 Å². The van der Waals surface area contributed by atoms with Crippen LogP contribution < -0.4 is 19.5 Å². The summed E-state index contributed by atoms with van der Waals surface area (Å²) in [5.41, 5.74) is 3.08. The van der Waals surface area contributed by atoms with E-state index in [0.717, 1.165) is 29.8 Å². The molecule has 0 aliphatic rings. The molecule has 0 spiro atoms. The smallest absolute Gasteiger partial charge is 0.180 e. The first-order valence-corrected chi connectivity index (χ1v) is 11.5. The Morgan fingerprint density at radius 1 is 0.844 bits per heavy atom. The number of rotatable bonds is 11. The van der Waals surface area contributed by atoms with Crippen molar-refractivity contribution in [2.45, 2.75) is 26.5 Å². The molecule has 0 amide bonds. The minimum absolute atomic E-state index is 0.259. The van der Waals surface area contributed by atoms with E-state index in [1.807, 2.05) is 37.3 Å². The standard InChI is InChI=1S/C25H26Cl3NO3/c1-3-31-24-13-18(15-29-11-10-17-4-8-21(30-2)9-5-17)12-23(28)25(24)32-16-19-6-7-20(26)14-22(19)27/h4-9,12-14,29H,3,10-11,15-16H2,1-2H3. The summed E-state index contributed by atoms with van der Waals surface area (Å²) in [6, 6.07) is 17.2. The molecule has 0 aliphatic carbocycles. The van der Waals surface area contributed by atoms with Gasteiger partial charge in [0, 0.05) is 22.2 Å². The van der Waals surface area contributed by atoms with E-state index < -0.39 is 0 Å². The monoisotopic (exact) mass is 493 g/mol. The fraction of sp³-hybridized carbons (Fsp3) is 0.280. The Kier molecular flexibility index (Phi) is 9.36. The van der Waals surface area contributed by atoms with Gasteiger partial charge < -0.3 is 19.5 Å². The third-order valence-corrected chi connectivity index (χ3v) is 5.70. The lowest BCUT2D eigenvalue weighted by atomic mass is 10.1. The van der Waals surface area contributed by atoms with Crippen molar-refractivity contribution in [2.75, 3.05) is 20.3 Å². The molecule has 32 heavy (non-hydrogen) atoms. The van der Waals surface area contributed by atoms with E-state index in [0.29, 0.717) is 39.7 Å². The fourth-order valence-corrected chi connectivity index (χ4v) is 3.92. The van der Waals surface area contributed by atoms with Gasteiger partial charge in [0.1, 0.15) is 12.4 Å². The van der Waals surface area contributed by atoms with Gasteiger partial charge in [0.2, 0.25) is 0 Å². The van der Waals surface area contributed by atoms with Gasteiger partial charge in [0.05, 0.1) is 18.7 Å². The van der Waals surface area contributed by atoms with Gasteiger partial charge in [-0.1, -0.05) is 53.0 Å². The Labute approximate surface area is 204 Å². The highest BCUT2D eigenvalue weighted by atomic mass is 35.5. The van der Waals surface area contributed by atoms with Crippen molar-refractivity contribution in [3.05, 3.63) is 86.4 Å². The fourth-order valence-electron chi connectivity index (χ4n) is 3.17. The van der Waals surface area contributed by atoms with Crippen LogP contribution in [0.25, 0.3) is 0 Å². The van der Waals surface area contributed by atoms with Crippen LogP contribution in [0.1, 0.15) is 23.6 Å². The summed E-state index contributed by atoms with van der Waals surface area (Å²) in [4.78, 5) is 0. The molecular formula is C25H26Cl3NO3. The van der Waals surface area contributed by atoms with E-state index >= 15 is 0 Å². The molecule has 0 unspecified atom stereocenters. The largest absolute Gasteiger partial charge is 0.497 e. The van der Waals surface area contributed by atoms with E-state index in [1.54, 1.807) is 19.2 Å². The van der Waals surface area contributed by atoms with E-state index in [4.69, 9.17) is 49.0 Å². The maximum absolute atomic E-state index is 6.54. The predicted octanol–water partition coefficient (Wildman–Crippen LogP) is 6.97. The summed E-state index contributed by atoms with van der Waals surface area (Å²) in [6.07, 6.45) is 0.916. The molecule has 1 N–H and O–H groups in total. The Balaban J connectivity index is 1.61. The van der Waals surface area contributed by atoms with Gasteiger partial charge in [-0.2, -0.15) is 0 Å². The quantitative estimate of drug-likeness (QED) is 0.292. The van der Waals surface area contributed by atoms with Crippen LogP contribution in [0, 0.1) is 0 Å². The lowest BCUT2D eigenvalue weighted by molar-refractivity contribution is 0.269. The van der Waals surface area contributed by atoms with Crippen molar-refractivity contribution >= 4 is 34.8 Å². The molecule has 0 bridgehead atoms. The molecule has 3 aromatic rings. The van der Waals surface area contributed by atoms with Gasteiger partial charge >= 0.3 is 0 Å². The number of methoxy groups -OCH3 is 1. The third kappa shape index (κ3) is 6.94. The van der Waals surface area contributed by atoms with Crippen molar-refractivity contribution in [3.8, 4) is 17.2 Å². The van der Waals surface area contributed by atoms with Gasteiger partial charge in [-0.15, -0.1) is 0 Å². The second kappa shape index (κ2) is 12.2. The van der Waals surface area contributed by atoms with Crippen LogP contribution in [0.15, 0.2) is 54.6 Å².